The first-order valence-electron chi connectivity index (χ1n) is 10.3. The number of nitrogens with one attached hydrogen (secondary N) is 2. The molecule has 0 saturated heterocycles. The number of hydrogen-bond acceptors (Lipinski definition) is 5. The average Bonchev–Trinajstić information content (AvgIpc) is 3.20. The first-order valence-corrected chi connectivity index (χ1v) is 11.1. The van der Waals surface area contributed by atoms with Crippen molar-refractivity contribution in [3.05, 3.63) is 75.8 Å². The quantitative estimate of drug-likeness (QED) is 0.600. The monoisotopic (exact) mass is 435 g/mol. The van der Waals surface area contributed by atoms with E-state index in [-0.39, 0.29) is 17.7 Å². The van der Waals surface area contributed by atoms with Gasteiger partial charge in [0.2, 0.25) is 5.91 Å². The summed E-state index contributed by atoms with van der Waals surface area (Å²) in [7, 11) is 1.62. The molecule has 4 rings (SSSR count). The molecule has 1 aromatic heterocycles. The zero-order valence-electron chi connectivity index (χ0n) is 17.6. The third-order valence-corrected chi connectivity index (χ3v) is 6.45. The molecule has 6 nitrogen and oxygen atoms in total. The summed E-state index contributed by atoms with van der Waals surface area (Å²) in [4.78, 5) is 31.1. The average molecular weight is 436 g/mol. The lowest BCUT2D eigenvalue weighted by Crippen LogP contribution is -2.31. The van der Waals surface area contributed by atoms with Gasteiger partial charge in [-0.25, -0.2) is 4.98 Å². The Morgan fingerprint density at radius 3 is 2.77 bits per heavy atom. The third kappa shape index (κ3) is 4.94. The highest BCUT2D eigenvalue weighted by Crippen LogP contribution is 2.37. The van der Waals surface area contributed by atoms with E-state index in [1.54, 1.807) is 19.2 Å². The van der Waals surface area contributed by atoms with E-state index in [4.69, 9.17) is 4.74 Å². The topological polar surface area (TPSA) is 80.3 Å². The number of rotatable bonds is 6. The second-order valence-electron chi connectivity index (χ2n) is 7.66. The smallest absolute Gasteiger partial charge is 0.257 e. The molecule has 7 heteroatoms. The number of ether oxygens (including phenoxy) is 1. The number of methoxy groups -OCH3 is 1. The summed E-state index contributed by atoms with van der Waals surface area (Å²) in [5.41, 5.74) is 3.46. The molecule has 0 fully saturated rings. The second-order valence-corrected chi connectivity index (χ2v) is 8.75. The highest BCUT2D eigenvalue weighted by Gasteiger charge is 2.30. The Kier molecular flexibility index (Phi) is 6.32. The van der Waals surface area contributed by atoms with Gasteiger partial charge in [0, 0.05) is 17.0 Å². The standard InChI is InChI=1S/C24H25N3O3S/c1-15-9-11-17(12-10-15)22(28)27-24-26-21-19(7-4-8-20(21)31-24)23(29)25-14-16-5-3-6-18(13-16)30-2/h3,5-6,9-13,19H,4,7-8,14H2,1-2H3,(H,25,29)(H,26,27,28). The fourth-order valence-electron chi connectivity index (χ4n) is 3.70. The molecule has 2 amide bonds. The minimum atomic E-state index is -0.296. The fraction of sp³-hybridized carbons (Fsp3) is 0.292. The molecule has 0 saturated carbocycles. The van der Waals surface area contributed by atoms with Crippen LogP contribution in [0.3, 0.4) is 0 Å². The Hall–Kier alpha value is -3.19. The number of thiazole rings is 1. The van der Waals surface area contributed by atoms with Crippen molar-refractivity contribution < 1.29 is 14.3 Å². The molecule has 0 radical (unpaired) electrons. The van der Waals surface area contributed by atoms with Crippen molar-refractivity contribution in [1.82, 2.24) is 10.3 Å². The van der Waals surface area contributed by atoms with Crippen molar-refractivity contribution in [2.24, 2.45) is 0 Å². The van der Waals surface area contributed by atoms with E-state index in [0.717, 1.165) is 46.7 Å². The van der Waals surface area contributed by atoms with Crippen LogP contribution in [0.4, 0.5) is 5.13 Å². The lowest BCUT2D eigenvalue weighted by molar-refractivity contribution is -0.123. The maximum Gasteiger partial charge on any atom is 0.257 e. The summed E-state index contributed by atoms with van der Waals surface area (Å²) in [6.45, 7) is 2.42. The van der Waals surface area contributed by atoms with Gasteiger partial charge in [0.1, 0.15) is 5.75 Å². The number of carbonyl (C=O) groups excluding carboxylic acids is 2. The van der Waals surface area contributed by atoms with Crippen LogP contribution in [0.15, 0.2) is 48.5 Å². The molecule has 1 heterocycles. The number of amides is 2. The first-order chi connectivity index (χ1) is 15.0. The van der Waals surface area contributed by atoms with Gasteiger partial charge in [-0.1, -0.05) is 29.8 Å². The number of hydrogen-bond donors (Lipinski definition) is 2. The number of fused-ring (bicyclic) bond motifs is 1. The molecule has 0 bridgehead atoms. The summed E-state index contributed by atoms with van der Waals surface area (Å²) >= 11 is 1.46. The van der Waals surface area contributed by atoms with Crippen LogP contribution in [-0.4, -0.2) is 23.9 Å². The van der Waals surface area contributed by atoms with Gasteiger partial charge < -0.3 is 10.1 Å². The molecule has 1 aliphatic rings. The number of carbonyl (C=O) groups is 2. The summed E-state index contributed by atoms with van der Waals surface area (Å²) in [6, 6.07) is 15.1. The van der Waals surface area contributed by atoms with E-state index in [0.29, 0.717) is 17.2 Å². The van der Waals surface area contributed by atoms with Gasteiger partial charge in [0.25, 0.3) is 5.91 Å². The van der Waals surface area contributed by atoms with Crippen molar-refractivity contribution >= 4 is 28.3 Å². The molecule has 160 valence electrons. The maximum absolute atomic E-state index is 12.9. The lowest BCUT2D eigenvalue weighted by Gasteiger charge is -2.20. The Balaban J connectivity index is 1.43. The van der Waals surface area contributed by atoms with Crippen LogP contribution in [0, 0.1) is 6.92 Å². The zero-order chi connectivity index (χ0) is 21.8. The highest BCUT2D eigenvalue weighted by molar-refractivity contribution is 7.16. The van der Waals surface area contributed by atoms with Crippen molar-refractivity contribution in [2.45, 2.75) is 38.6 Å². The lowest BCUT2D eigenvalue weighted by atomic mass is 9.90. The Morgan fingerprint density at radius 2 is 2.00 bits per heavy atom. The van der Waals surface area contributed by atoms with E-state index in [9.17, 15) is 9.59 Å². The molecular weight excluding hydrogens is 410 g/mol. The van der Waals surface area contributed by atoms with E-state index >= 15 is 0 Å². The van der Waals surface area contributed by atoms with E-state index in [2.05, 4.69) is 15.6 Å². The van der Waals surface area contributed by atoms with Crippen LogP contribution in [0.1, 0.15) is 50.8 Å². The third-order valence-electron chi connectivity index (χ3n) is 5.41. The van der Waals surface area contributed by atoms with Crippen LogP contribution in [0.2, 0.25) is 0 Å². The van der Waals surface area contributed by atoms with Gasteiger partial charge in [0.05, 0.1) is 18.7 Å². The molecule has 3 aromatic rings. The molecule has 0 spiro atoms. The molecule has 2 aromatic carbocycles. The van der Waals surface area contributed by atoms with Gasteiger partial charge >= 0.3 is 0 Å². The highest BCUT2D eigenvalue weighted by atomic mass is 32.1. The number of aromatic nitrogens is 1. The van der Waals surface area contributed by atoms with Gasteiger partial charge in [-0.2, -0.15) is 0 Å². The maximum atomic E-state index is 12.9. The molecule has 1 aliphatic carbocycles. The number of benzene rings is 2. The van der Waals surface area contributed by atoms with Crippen LogP contribution in [0.5, 0.6) is 5.75 Å². The van der Waals surface area contributed by atoms with Gasteiger partial charge in [-0.05, 0) is 56.0 Å². The Labute approximate surface area is 185 Å². The fourth-order valence-corrected chi connectivity index (χ4v) is 4.76. The first kappa shape index (κ1) is 21.1. The van der Waals surface area contributed by atoms with Crippen LogP contribution < -0.4 is 15.4 Å². The minimum Gasteiger partial charge on any atom is -0.497 e. The predicted molar refractivity (Wildman–Crippen MR) is 122 cm³/mol. The van der Waals surface area contributed by atoms with Crippen LogP contribution in [0.25, 0.3) is 0 Å². The van der Waals surface area contributed by atoms with Crippen molar-refractivity contribution in [1.29, 1.82) is 0 Å². The SMILES string of the molecule is COc1cccc(CNC(=O)C2CCCc3sc(NC(=O)c4ccc(C)cc4)nc32)c1. The van der Waals surface area contributed by atoms with E-state index in [1.165, 1.54) is 11.3 Å². The van der Waals surface area contributed by atoms with Crippen molar-refractivity contribution in [3.63, 3.8) is 0 Å². The van der Waals surface area contributed by atoms with Gasteiger partial charge in [0.15, 0.2) is 5.13 Å². The summed E-state index contributed by atoms with van der Waals surface area (Å²) in [5.74, 6) is 0.242. The molecule has 1 atom stereocenters. The predicted octanol–water partition coefficient (Wildman–Crippen LogP) is 4.45. The Morgan fingerprint density at radius 1 is 1.19 bits per heavy atom. The zero-order valence-corrected chi connectivity index (χ0v) is 18.4. The number of anilines is 1. The summed E-state index contributed by atoms with van der Waals surface area (Å²) in [6.07, 6.45) is 2.57. The van der Waals surface area contributed by atoms with Crippen LogP contribution in [-0.2, 0) is 17.8 Å². The van der Waals surface area contributed by atoms with Crippen molar-refractivity contribution in [2.75, 3.05) is 12.4 Å². The van der Waals surface area contributed by atoms with E-state index < -0.39 is 0 Å². The van der Waals surface area contributed by atoms with Crippen LogP contribution >= 0.6 is 11.3 Å². The molecule has 31 heavy (non-hydrogen) atoms. The number of aryl methyl sites for hydroxylation is 2. The molecular formula is C24H25N3O3S. The summed E-state index contributed by atoms with van der Waals surface area (Å²) in [5, 5.41) is 6.46. The minimum absolute atomic E-state index is 0.0366. The molecule has 1 unspecified atom stereocenters. The summed E-state index contributed by atoms with van der Waals surface area (Å²) < 4.78 is 5.24. The van der Waals surface area contributed by atoms with E-state index in [1.807, 2.05) is 43.3 Å². The van der Waals surface area contributed by atoms with Gasteiger partial charge in [-0.3, -0.25) is 14.9 Å². The second kappa shape index (κ2) is 9.31. The molecule has 2 N–H and O–H groups in total. The molecule has 0 aliphatic heterocycles. The normalized spacial score (nSPS) is 15.1. The Bertz CT molecular complexity index is 1090. The van der Waals surface area contributed by atoms with Crippen molar-refractivity contribution in [3.8, 4) is 5.75 Å². The number of nitrogens with zero attached hydrogens (tertiary/aromatic N) is 1. The van der Waals surface area contributed by atoms with Gasteiger partial charge in [-0.15, -0.1) is 11.3 Å². The largest absolute Gasteiger partial charge is 0.497 e.